The lowest BCUT2D eigenvalue weighted by Gasteiger charge is -2.38. The van der Waals surface area contributed by atoms with Gasteiger partial charge in [0, 0.05) is 44.3 Å². The Hall–Kier alpha value is -1.35. The van der Waals surface area contributed by atoms with Gasteiger partial charge in [-0.1, -0.05) is 18.5 Å². The van der Waals surface area contributed by atoms with E-state index in [1.807, 2.05) is 4.90 Å². The highest BCUT2D eigenvalue weighted by Gasteiger charge is 2.37. The highest BCUT2D eigenvalue weighted by molar-refractivity contribution is 7.89. The number of likely N-dealkylation sites (N-methyl/N-ethyl adjacent to an activating group) is 1. The Balaban J connectivity index is 1.75. The van der Waals surface area contributed by atoms with Gasteiger partial charge in [-0.25, -0.2) is 8.42 Å². The van der Waals surface area contributed by atoms with Crippen LogP contribution in [0.15, 0.2) is 23.1 Å². The number of ether oxygens (including phenoxy) is 1. The molecule has 1 aromatic rings. The molecule has 29 heavy (non-hydrogen) atoms. The van der Waals surface area contributed by atoms with Crippen LogP contribution in [0.4, 0.5) is 0 Å². The van der Waals surface area contributed by atoms with Crippen LogP contribution < -0.4 is 4.74 Å². The summed E-state index contributed by atoms with van der Waals surface area (Å²) in [6.45, 7) is 9.02. The third kappa shape index (κ3) is 5.05. The van der Waals surface area contributed by atoms with Gasteiger partial charge in [0.2, 0.25) is 15.9 Å². The highest BCUT2D eigenvalue weighted by Crippen LogP contribution is 2.32. The predicted octanol–water partition coefficient (Wildman–Crippen LogP) is 2.30. The SMILES string of the molecule is CCOc1ccc(Cl)cc1S(=O)(=O)N1CCC[C@@H](C(=O)N2CCN(CC)CC2)C1. The zero-order chi connectivity index (χ0) is 21.0. The Morgan fingerprint density at radius 2 is 1.90 bits per heavy atom. The molecule has 162 valence electrons. The average Bonchev–Trinajstić information content (AvgIpc) is 2.74. The lowest BCUT2D eigenvalue weighted by atomic mass is 9.98. The number of halogens is 1. The molecule has 1 amide bonds. The number of benzene rings is 1. The average molecular weight is 444 g/mol. The van der Waals surface area contributed by atoms with Crippen molar-refractivity contribution >= 4 is 27.5 Å². The van der Waals surface area contributed by atoms with E-state index in [1.54, 1.807) is 19.1 Å². The number of rotatable bonds is 6. The van der Waals surface area contributed by atoms with Crippen molar-refractivity contribution in [1.29, 1.82) is 0 Å². The third-order valence-corrected chi connectivity index (χ3v) is 7.81. The third-order valence-electron chi connectivity index (χ3n) is 5.69. The van der Waals surface area contributed by atoms with E-state index in [1.165, 1.54) is 10.4 Å². The second kappa shape index (κ2) is 9.64. The van der Waals surface area contributed by atoms with E-state index in [9.17, 15) is 13.2 Å². The van der Waals surface area contributed by atoms with Crippen molar-refractivity contribution < 1.29 is 17.9 Å². The van der Waals surface area contributed by atoms with Crippen LogP contribution in [0.1, 0.15) is 26.7 Å². The number of carbonyl (C=O) groups is 1. The first kappa shape index (κ1) is 22.3. The summed E-state index contributed by atoms with van der Waals surface area (Å²) in [7, 11) is -3.80. The first-order valence-electron chi connectivity index (χ1n) is 10.3. The molecule has 0 radical (unpaired) electrons. The van der Waals surface area contributed by atoms with Crippen molar-refractivity contribution in [3.63, 3.8) is 0 Å². The summed E-state index contributed by atoms with van der Waals surface area (Å²) in [6, 6.07) is 4.62. The van der Waals surface area contributed by atoms with Crippen molar-refractivity contribution in [2.75, 3.05) is 52.4 Å². The quantitative estimate of drug-likeness (QED) is 0.674. The molecule has 0 saturated carbocycles. The number of hydrogen-bond donors (Lipinski definition) is 0. The summed E-state index contributed by atoms with van der Waals surface area (Å²) < 4.78 is 33.6. The molecular formula is C20H30ClN3O4S. The molecule has 2 aliphatic rings. The van der Waals surface area contributed by atoms with Crippen LogP contribution in [0.3, 0.4) is 0 Å². The molecule has 2 saturated heterocycles. The van der Waals surface area contributed by atoms with Gasteiger partial charge in [-0.3, -0.25) is 4.79 Å². The Bertz CT molecular complexity index is 825. The molecule has 1 aromatic carbocycles. The van der Waals surface area contributed by atoms with Gasteiger partial charge >= 0.3 is 0 Å². The molecule has 3 rings (SSSR count). The van der Waals surface area contributed by atoms with Gasteiger partial charge in [-0.05, 0) is 44.5 Å². The fourth-order valence-electron chi connectivity index (χ4n) is 4.00. The van der Waals surface area contributed by atoms with E-state index in [2.05, 4.69) is 11.8 Å². The van der Waals surface area contributed by atoms with Crippen LogP contribution in [0.2, 0.25) is 5.02 Å². The summed E-state index contributed by atoms with van der Waals surface area (Å²) in [4.78, 5) is 17.3. The summed E-state index contributed by atoms with van der Waals surface area (Å²) in [5.41, 5.74) is 0. The molecule has 0 aromatic heterocycles. The van der Waals surface area contributed by atoms with Crippen LogP contribution >= 0.6 is 11.6 Å². The van der Waals surface area contributed by atoms with Gasteiger partial charge < -0.3 is 14.5 Å². The lowest BCUT2D eigenvalue weighted by Crippen LogP contribution is -2.52. The van der Waals surface area contributed by atoms with Crippen LogP contribution in [0.5, 0.6) is 5.75 Å². The van der Waals surface area contributed by atoms with Crippen LogP contribution in [0.25, 0.3) is 0 Å². The van der Waals surface area contributed by atoms with Crippen molar-refractivity contribution in [1.82, 2.24) is 14.1 Å². The van der Waals surface area contributed by atoms with Crippen molar-refractivity contribution in [3.8, 4) is 5.75 Å². The molecule has 9 heteroatoms. The first-order valence-corrected chi connectivity index (χ1v) is 12.1. The second-order valence-corrected chi connectivity index (χ2v) is 9.83. The largest absolute Gasteiger partial charge is 0.492 e. The molecule has 0 aliphatic carbocycles. The van der Waals surface area contributed by atoms with Crippen molar-refractivity contribution in [3.05, 3.63) is 23.2 Å². The van der Waals surface area contributed by atoms with E-state index in [-0.39, 0.29) is 23.3 Å². The van der Waals surface area contributed by atoms with Gasteiger partial charge in [0.05, 0.1) is 12.5 Å². The molecule has 0 unspecified atom stereocenters. The smallest absolute Gasteiger partial charge is 0.246 e. The molecule has 1 atom stereocenters. The number of carbonyl (C=O) groups excluding carboxylic acids is 1. The molecule has 7 nitrogen and oxygen atoms in total. The minimum absolute atomic E-state index is 0.0662. The zero-order valence-corrected chi connectivity index (χ0v) is 18.7. The first-order chi connectivity index (χ1) is 13.9. The molecule has 0 spiro atoms. The predicted molar refractivity (Wildman–Crippen MR) is 113 cm³/mol. The highest BCUT2D eigenvalue weighted by atomic mass is 35.5. The Morgan fingerprint density at radius 1 is 1.17 bits per heavy atom. The zero-order valence-electron chi connectivity index (χ0n) is 17.1. The van der Waals surface area contributed by atoms with Gasteiger partial charge in [-0.15, -0.1) is 0 Å². The lowest BCUT2D eigenvalue weighted by molar-refractivity contribution is -0.138. The fraction of sp³-hybridized carbons (Fsp3) is 0.650. The minimum Gasteiger partial charge on any atom is -0.492 e. The normalized spacial score (nSPS) is 21.9. The number of amides is 1. The van der Waals surface area contributed by atoms with Crippen LogP contribution in [-0.4, -0.2) is 80.9 Å². The summed E-state index contributed by atoms with van der Waals surface area (Å²) in [6.07, 6.45) is 1.38. The Morgan fingerprint density at radius 3 is 2.55 bits per heavy atom. The second-order valence-electron chi connectivity index (χ2n) is 7.49. The molecule has 0 N–H and O–H groups in total. The van der Waals surface area contributed by atoms with Gasteiger partial charge in [0.1, 0.15) is 10.6 Å². The molecule has 2 fully saturated rings. The Labute approximate surface area is 178 Å². The molecule has 2 aliphatic heterocycles. The van der Waals surface area contributed by atoms with E-state index >= 15 is 0 Å². The van der Waals surface area contributed by atoms with Crippen LogP contribution in [-0.2, 0) is 14.8 Å². The van der Waals surface area contributed by atoms with Gasteiger partial charge in [0.25, 0.3) is 0 Å². The number of nitrogens with zero attached hydrogens (tertiary/aromatic N) is 3. The minimum atomic E-state index is -3.80. The number of piperidine rings is 1. The van der Waals surface area contributed by atoms with E-state index < -0.39 is 10.0 Å². The summed E-state index contributed by atoms with van der Waals surface area (Å²) in [5, 5.41) is 0.338. The standard InChI is InChI=1S/C20H30ClN3O4S/c1-3-22-10-12-23(13-11-22)20(25)16-6-5-9-24(15-16)29(26,27)19-14-17(21)7-8-18(19)28-4-2/h7-8,14,16H,3-6,9-13,15H2,1-2H3/t16-/m1/s1. The van der Waals surface area contributed by atoms with E-state index in [4.69, 9.17) is 16.3 Å². The Kier molecular flexibility index (Phi) is 7.42. The summed E-state index contributed by atoms with van der Waals surface area (Å²) >= 11 is 6.06. The molecule has 2 heterocycles. The maximum atomic E-state index is 13.3. The number of piperazine rings is 1. The van der Waals surface area contributed by atoms with Crippen molar-refractivity contribution in [2.45, 2.75) is 31.6 Å². The number of hydrogen-bond acceptors (Lipinski definition) is 5. The van der Waals surface area contributed by atoms with E-state index in [0.717, 1.165) is 19.6 Å². The summed E-state index contributed by atoms with van der Waals surface area (Å²) in [5.74, 6) is 0.0549. The van der Waals surface area contributed by atoms with Gasteiger partial charge in [0.15, 0.2) is 0 Å². The topological polar surface area (TPSA) is 70.2 Å². The van der Waals surface area contributed by atoms with Gasteiger partial charge in [-0.2, -0.15) is 4.31 Å². The molecular weight excluding hydrogens is 414 g/mol. The monoisotopic (exact) mass is 443 g/mol. The maximum absolute atomic E-state index is 13.3. The molecule has 0 bridgehead atoms. The maximum Gasteiger partial charge on any atom is 0.246 e. The van der Waals surface area contributed by atoms with Crippen molar-refractivity contribution in [2.24, 2.45) is 5.92 Å². The number of sulfonamides is 1. The fourth-order valence-corrected chi connectivity index (χ4v) is 5.92. The van der Waals surface area contributed by atoms with Crippen LogP contribution in [0, 0.1) is 5.92 Å². The van der Waals surface area contributed by atoms with E-state index in [0.29, 0.717) is 49.9 Å².